The van der Waals surface area contributed by atoms with Crippen molar-refractivity contribution in [3.05, 3.63) is 57.6 Å². The highest BCUT2D eigenvalue weighted by molar-refractivity contribution is 7.99. The summed E-state index contributed by atoms with van der Waals surface area (Å²) in [5.74, 6) is 1.89. The van der Waals surface area contributed by atoms with Gasteiger partial charge in [-0.15, -0.1) is 11.8 Å². The van der Waals surface area contributed by atoms with Crippen LogP contribution >= 0.6 is 35.0 Å². The monoisotopic (exact) mass is 397 g/mol. The summed E-state index contributed by atoms with van der Waals surface area (Å²) in [6, 6.07) is 10.7. The highest BCUT2D eigenvalue weighted by Gasteiger charge is 2.33. The molecule has 1 amide bonds. The van der Waals surface area contributed by atoms with Crippen LogP contribution in [-0.2, 0) is 0 Å². The highest BCUT2D eigenvalue weighted by Crippen LogP contribution is 2.43. The Hall–Kier alpha value is -1.56. The van der Waals surface area contributed by atoms with E-state index in [4.69, 9.17) is 32.7 Å². The number of rotatable bonds is 4. The van der Waals surface area contributed by atoms with Gasteiger partial charge >= 0.3 is 0 Å². The Kier molecular flexibility index (Phi) is 5.67. The molecule has 132 valence electrons. The molecule has 4 nitrogen and oxygen atoms in total. The van der Waals surface area contributed by atoms with Gasteiger partial charge in [0.15, 0.2) is 0 Å². The molecule has 1 atom stereocenters. The van der Waals surface area contributed by atoms with Crippen molar-refractivity contribution in [2.75, 3.05) is 26.5 Å². The summed E-state index contributed by atoms with van der Waals surface area (Å²) in [4.78, 5) is 14.9. The smallest absolute Gasteiger partial charge is 0.255 e. The van der Waals surface area contributed by atoms with Crippen molar-refractivity contribution in [3.8, 4) is 11.5 Å². The summed E-state index contributed by atoms with van der Waals surface area (Å²) in [7, 11) is 3.12. The third kappa shape index (κ3) is 3.68. The maximum atomic E-state index is 13.1. The van der Waals surface area contributed by atoms with Crippen LogP contribution in [0.4, 0.5) is 0 Å². The lowest BCUT2D eigenvalue weighted by atomic mass is 10.1. The first-order chi connectivity index (χ1) is 12.0. The first-order valence-corrected chi connectivity index (χ1v) is 9.45. The summed E-state index contributed by atoms with van der Waals surface area (Å²) < 4.78 is 10.5. The lowest BCUT2D eigenvalue weighted by Gasteiger charge is -2.25. The van der Waals surface area contributed by atoms with Gasteiger partial charge in [-0.05, 0) is 18.2 Å². The normalized spacial score (nSPS) is 16.8. The summed E-state index contributed by atoms with van der Waals surface area (Å²) in [6.07, 6.45) is 0. The maximum absolute atomic E-state index is 13.1. The summed E-state index contributed by atoms with van der Waals surface area (Å²) in [5, 5.41) is 0.808. The second-order valence-corrected chi connectivity index (χ2v) is 7.44. The molecule has 0 N–H and O–H groups in total. The summed E-state index contributed by atoms with van der Waals surface area (Å²) >= 11 is 14.2. The van der Waals surface area contributed by atoms with E-state index in [1.54, 1.807) is 55.1 Å². The average molecular weight is 398 g/mol. The molecule has 0 aromatic heterocycles. The van der Waals surface area contributed by atoms with Gasteiger partial charge in [0.2, 0.25) is 0 Å². The number of carbonyl (C=O) groups excluding carboxylic acids is 1. The van der Waals surface area contributed by atoms with Crippen LogP contribution in [-0.4, -0.2) is 37.3 Å². The molecule has 2 aromatic rings. The van der Waals surface area contributed by atoms with Crippen LogP contribution in [0.25, 0.3) is 0 Å². The first-order valence-electron chi connectivity index (χ1n) is 7.64. The van der Waals surface area contributed by atoms with E-state index in [2.05, 4.69) is 0 Å². The number of benzene rings is 2. The number of amides is 1. The SMILES string of the molecule is COc1cc(OC)cc(C(=O)N2CCS[C@@H]2c2cccc(Cl)c2Cl)c1. The van der Waals surface area contributed by atoms with Crippen molar-refractivity contribution < 1.29 is 14.3 Å². The Bertz CT molecular complexity index is 778. The molecule has 0 aliphatic carbocycles. The van der Waals surface area contributed by atoms with Gasteiger partial charge in [-0.3, -0.25) is 4.79 Å². The molecule has 0 bridgehead atoms. The molecular formula is C18H17Cl2NO3S. The van der Waals surface area contributed by atoms with Crippen molar-refractivity contribution in [1.29, 1.82) is 0 Å². The fourth-order valence-electron chi connectivity index (χ4n) is 2.74. The molecular weight excluding hydrogens is 381 g/mol. The van der Waals surface area contributed by atoms with Gasteiger partial charge < -0.3 is 14.4 Å². The molecule has 1 saturated heterocycles. The number of nitrogens with zero attached hydrogens (tertiary/aromatic N) is 1. The molecule has 0 saturated carbocycles. The molecule has 0 unspecified atom stereocenters. The Labute approximate surface area is 161 Å². The van der Waals surface area contributed by atoms with E-state index < -0.39 is 0 Å². The van der Waals surface area contributed by atoms with Crippen molar-refractivity contribution >= 4 is 40.9 Å². The zero-order chi connectivity index (χ0) is 18.0. The first kappa shape index (κ1) is 18.2. The van der Waals surface area contributed by atoms with Crippen molar-refractivity contribution in [3.63, 3.8) is 0 Å². The minimum absolute atomic E-state index is 0.0942. The number of thioether (sulfide) groups is 1. The topological polar surface area (TPSA) is 38.8 Å². The lowest BCUT2D eigenvalue weighted by molar-refractivity contribution is 0.0759. The zero-order valence-electron chi connectivity index (χ0n) is 13.8. The Balaban J connectivity index is 1.95. The second-order valence-electron chi connectivity index (χ2n) is 5.47. The largest absolute Gasteiger partial charge is 0.497 e. The van der Waals surface area contributed by atoms with Crippen molar-refractivity contribution in [1.82, 2.24) is 4.90 Å². The molecule has 1 heterocycles. The van der Waals surface area contributed by atoms with Crippen LogP contribution in [0.3, 0.4) is 0 Å². The third-order valence-electron chi connectivity index (χ3n) is 4.00. The van der Waals surface area contributed by atoms with Gasteiger partial charge in [0.1, 0.15) is 16.9 Å². The minimum atomic E-state index is -0.170. The van der Waals surface area contributed by atoms with Crippen LogP contribution in [0.1, 0.15) is 21.3 Å². The predicted molar refractivity (Wildman–Crippen MR) is 102 cm³/mol. The molecule has 1 aliphatic heterocycles. The number of halogens is 2. The number of carbonyl (C=O) groups is 1. The summed E-state index contributed by atoms with van der Waals surface area (Å²) in [5.41, 5.74) is 1.36. The van der Waals surface area contributed by atoms with E-state index in [-0.39, 0.29) is 11.3 Å². The van der Waals surface area contributed by atoms with Crippen LogP contribution in [0, 0.1) is 0 Å². The van der Waals surface area contributed by atoms with Crippen LogP contribution in [0.2, 0.25) is 10.0 Å². The minimum Gasteiger partial charge on any atom is -0.497 e. The van der Waals surface area contributed by atoms with E-state index in [1.165, 1.54) is 0 Å². The molecule has 3 rings (SSSR count). The Morgan fingerprint density at radius 2 is 1.84 bits per heavy atom. The predicted octanol–water partition coefficient (Wildman–Crippen LogP) is 4.90. The van der Waals surface area contributed by atoms with Gasteiger partial charge in [-0.2, -0.15) is 0 Å². The molecule has 0 spiro atoms. The Morgan fingerprint density at radius 3 is 2.48 bits per heavy atom. The quantitative estimate of drug-likeness (QED) is 0.735. The molecule has 2 aromatic carbocycles. The van der Waals surface area contributed by atoms with Gasteiger partial charge in [0.05, 0.1) is 24.3 Å². The Morgan fingerprint density at radius 1 is 1.16 bits per heavy atom. The van der Waals surface area contributed by atoms with E-state index in [1.807, 2.05) is 12.1 Å². The number of ether oxygens (including phenoxy) is 2. The van der Waals surface area contributed by atoms with Gasteiger partial charge in [0.25, 0.3) is 5.91 Å². The average Bonchev–Trinajstić information content (AvgIpc) is 3.12. The number of hydrogen-bond donors (Lipinski definition) is 0. The van der Waals surface area contributed by atoms with Gasteiger partial charge in [0, 0.05) is 29.5 Å². The van der Waals surface area contributed by atoms with Gasteiger partial charge in [-0.1, -0.05) is 35.3 Å². The van der Waals surface area contributed by atoms with Crippen molar-refractivity contribution in [2.45, 2.75) is 5.37 Å². The van der Waals surface area contributed by atoms with E-state index in [0.717, 1.165) is 11.3 Å². The molecule has 0 radical (unpaired) electrons. The van der Waals surface area contributed by atoms with Gasteiger partial charge in [-0.25, -0.2) is 0 Å². The van der Waals surface area contributed by atoms with Crippen LogP contribution in [0.5, 0.6) is 11.5 Å². The van der Waals surface area contributed by atoms with E-state index in [9.17, 15) is 4.79 Å². The molecule has 7 heteroatoms. The third-order valence-corrected chi connectivity index (χ3v) is 6.07. The molecule has 25 heavy (non-hydrogen) atoms. The number of hydrogen-bond acceptors (Lipinski definition) is 4. The van der Waals surface area contributed by atoms with E-state index >= 15 is 0 Å². The maximum Gasteiger partial charge on any atom is 0.255 e. The highest BCUT2D eigenvalue weighted by atomic mass is 35.5. The fourth-order valence-corrected chi connectivity index (χ4v) is 4.50. The molecule has 1 fully saturated rings. The van der Waals surface area contributed by atoms with Crippen LogP contribution in [0.15, 0.2) is 36.4 Å². The van der Waals surface area contributed by atoms with Crippen LogP contribution < -0.4 is 9.47 Å². The lowest BCUT2D eigenvalue weighted by Crippen LogP contribution is -2.30. The standard InChI is InChI=1S/C18H17Cl2NO3S/c1-23-12-8-11(9-13(10-12)24-2)17(22)21-6-7-25-18(21)14-4-3-5-15(19)16(14)20/h3-5,8-10,18H,6-7H2,1-2H3/t18-/m1/s1. The van der Waals surface area contributed by atoms with Crippen molar-refractivity contribution in [2.24, 2.45) is 0 Å². The zero-order valence-corrected chi connectivity index (χ0v) is 16.1. The summed E-state index contributed by atoms with van der Waals surface area (Å²) in [6.45, 7) is 0.635. The van der Waals surface area contributed by atoms with E-state index in [0.29, 0.717) is 33.7 Å². The fraction of sp³-hybridized carbons (Fsp3) is 0.278. The second kappa shape index (κ2) is 7.77. The molecule has 1 aliphatic rings. The number of methoxy groups -OCH3 is 2.